The number of nitrogens with one attached hydrogen (secondary N) is 1. The van der Waals surface area contributed by atoms with Crippen molar-refractivity contribution in [1.82, 2.24) is 20.3 Å². The van der Waals surface area contributed by atoms with Crippen LogP contribution in [0.2, 0.25) is 0 Å². The molecule has 0 saturated heterocycles. The lowest BCUT2D eigenvalue weighted by Crippen LogP contribution is -2.38. The quantitative estimate of drug-likeness (QED) is 0.827. The molecule has 1 heterocycles. The summed E-state index contributed by atoms with van der Waals surface area (Å²) in [6, 6.07) is 0.174. The van der Waals surface area contributed by atoms with Crippen LogP contribution in [0.5, 0.6) is 0 Å². The Bertz CT molecular complexity index is 299. The number of amides is 1. The maximum atomic E-state index is 11.9. The zero-order chi connectivity index (χ0) is 11.3. The van der Waals surface area contributed by atoms with Crippen LogP contribution in [0.15, 0.2) is 6.20 Å². The maximum Gasteiger partial charge on any atom is 0.276 e. The molecule has 5 nitrogen and oxygen atoms in total. The summed E-state index contributed by atoms with van der Waals surface area (Å²) in [6.45, 7) is 4.72. The highest BCUT2D eigenvalue weighted by atomic mass is 79.9. The molecule has 0 aliphatic rings. The van der Waals surface area contributed by atoms with E-state index in [-0.39, 0.29) is 11.9 Å². The van der Waals surface area contributed by atoms with E-state index in [1.807, 2.05) is 13.8 Å². The molecule has 84 valence electrons. The zero-order valence-corrected chi connectivity index (χ0v) is 10.5. The number of aromatic nitrogens is 3. The molecule has 1 N–H and O–H groups in total. The molecule has 1 aromatic rings. The third-order valence-electron chi connectivity index (χ3n) is 2.05. The standard InChI is InChI=1S/C9H15BrN4O/c1-7(2)14(5-3-4-10)9(15)8-6-11-13-12-8/h6-7H,3-5H2,1-2H3,(H,11,12,13). The number of rotatable bonds is 5. The van der Waals surface area contributed by atoms with Gasteiger partial charge in [-0.3, -0.25) is 4.79 Å². The predicted octanol–water partition coefficient (Wildman–Crippen LogP) is 1.44. The Balaban J connectivity index is 2.67. The number of hydrogen-bond acceptors (Lipinski definition) is 3. The summed E-state index contributed by atoms with van der Waals surface area (Å²) in [5.74, 6) is -0.0697. The predicted molar refractivity (Wildman–Crippen MR) is 61.0 cm³/mol. The molecule has 0 aliphatic carbocycles. The molecule has 15 heavy (non-hydrogen) atoms. The first-order valence-corrected chi connectivity index (χ1v) is 6.01. The van der Waals surface area contributed by atoms with E-state index in [1.54, 1.807) is 4.90 Å². The monoisotopic (exact) mass is 274 g/mol. The van der Waals surface area contributed by atoms with E-state index >= 15 is 0 Å². The summed E-state index contributed by atoms with van der Waals surface area (Å²) in [6.07, 6.45) is 2.38. The lowest BCUT2D eigenvalue weighted by Gasteiger charge is -2.25. The summed E-state index contributed by atoms with van der Waals surface area (Å²) in [4.78, 5) is 13.7. The number of carbonyl (C=O) groups excluding carboxylic acids is 1. The Labute approximate surface area is 97.4 Å². The van der Waals surface area contributed by atoms with Crippen molar-refractivity contribution in [3.8, 4) is 0 Å². The minimum atomic E-state index is -0.0697. The normalized spacial score (nSPS) is 10.7. The van der Waals surface area contributed by atoms with Gasteiger partial charge in [0.1, 0.15) is 0 Å². The average molecular weight is 275 g/mol. The summed E-state index contributed by atoms with van der Waals surface area (Å²) < 4.78 is 0. The van der Waals surface area contributed by atoms with Gasteiger partial charge in [-0.15, -0.1) is 0 Å². The van der Waals surface area contributed by atoms with Crippen molar-refractivity contribution in [2.75, 3.05) is 11.9 Å². The highest BCUT2D eigenvalue weighted by Gasteiger charge is 2.19. The fourth-order valence-electron chi connectivity index (χ4n) is 1.28. The van der Waals surface area contributed by atoms with Gasteiger partial charge in [0.25, 0.3) is 5.91 Å². The lowest BCUT2D eigenvalue weighted by molar-refractivity contribution is 0.0700. The van der Waals surface area contributed by atoms with Crippen LogP contribution < -0.4 is 0 Å². The molecule has 0 radical (unpaired) electrons. The van der Waals surface area contributed by atoms with Gasteiger partial charge in [-0.1, -0.05) is 15.9 Å². The van der Waals surface area contributed by atoms with Crippen LogP contribution in [0, 0.1) is 0 Å². The average Bonchev–Trinajstić information content (AvgIpc) is 2.70. The largest absolute Gasteiger partial charge is 0.335 e. The molecule has 0 spiro atoms. The van der Waals surface area contributed by atoms with Crippen molar-refractivity contribution in [3.05, 3.63) is 11.9 Å². The first-order chi connectivity index (χ1) is 7.16. The van der Waals surface area contributed by atoms with E-state index in [4.69, 9.17) is 0 Å². The van der Waals surface area contributed by atoms with Crippen LogP contribution in [-0.4, -0.2) is 44.1 Å². The maximum absolute atomic E-state index is 11.9. The molecular formula is C9H15BrN4O. The van der Waals surface area contributed by atoms with Crippen LogP contribution in [0.1, 0.15) is 30.8 Å². The second kappa shape index (κ2) is 5.85. The second-order valence-corrected chi connectivity index (χ2v) is 4.28. The number of aromatic amines is 1. The minimum Gasteiger partial charge on any atom is -0.335 e. The first-order valence-electron chi connectivity index (χ1n) is 4.89. The minimum absolute atomic E-state index is 0.0697. The molecule has 0 aliphatic heterocycles. The number of carbonyl (C=O) groups is 1. The molecule has 1 aromatic heterocycles. The topological polar surface area (TPSA) is 61.9 Å². The van der Waals surface area contributed by atoms with Gasteiger partial charge in [0.2, 0.25) is 0 Å². The van der Waals surface area contributed by atoms with Crippen molar-refractivity contribution < 1.29 is 4.79 Å². The van der Waals surface area contributed by atoms with E-state index in [2.05, 4.69) is 31.3 Å². The Hall–Kier alpha value is -0.910. The molecule has 0 bridgehead atoms. The van der Waals surface area contributed by atoms with Crippen LogP contribution in [0.25, 0.3) is 0 Å². The zero-order valence-electron chi connectivity index (χ0n) is 8.90. The van der Waals surface area contributed by atoms with Crippen LogP contribution >= 0.6 is 15.9 Å². The Morgan fingerprint density at radius 2 is 2.40 bits per heavy atom. The van der Waals surface area contributed by atoms with E-state index in [0.717, 1.165) is 18.3 Å². The Morgan fingerprint density at radius 1 is 1.67 bits per heavy atom. The third kappa shape index (κ3) is 3.30. The van der Waals surface area contributed by atoms with Crippen molar-refractivity contribution in [2.45, 2.75) is 26.3 Å². The SMILES string of the molecule is CC(C)N(CCCBr)C(=O)c1cn[nH]n1. The molecule has 1 rings (SSSR count). The van der Waals surface area contributed by atoms with Crippen molar-refractivity contribution in [2.24, 2.45) is 0 Å². The highest BCUT2D eigenvalue weighted by molar-refractivity contribution is 9.09. The van der Waals surface area contributed by atoms with Crippen molar-refractivity contribution >= 4 is 21.8 Å². The van der Waals surface area contributed by atoms with Crippen LogP contribution in [-0.2, 0) is 0 Å². The summed E-state index contributed by atoms with van der Waals surface area (Å²) in [7, 11) is 0. The molecule has 1 amide bonds. The lowest BCUT2D eigenvalue weighted by atomic mass is 10.2. The van der Waals surface area contributed by atoms with E-state index < -0.39 is 0 Å². The van der Waals surface area contributed by atoms with Gasteiger partial charge in [-0.05, 0) is 20.3 Å². The van der Waals surface area contributed by atoms with Crippen molar-refractivity contribution in [1.29, 1.82) is 0 Å². The van der Waals surface area contributed by atoms with Crippen molar-refractivity contribution in [3.63, 3.8) is 0 Å². The molecule has 0 aromatic carbocycles. The summed E-state index contributed by atoms with van der Waals surface area (Å²) >= 11 is 3.35. The number of nitrogens with zero attached hydrogens (tertiary/aromatic N) is 3. The van der Waals surface area contributed by atoms with Gasteiger partial charge in [0.15, 0.2) is 5.69 Å². The smallest absolute Gasteiger partial charge is 0.276 e. The Kier molecular flexibility index (Phi) is 4.74. The molecule has 0 atom stereocenters. The van der Waals surface area contributed by atoms with Gasteiger partial charge < -0.3 is 4.90 Å². The molecule has 0 unspecified atom stereocenters. The Morgan fingerprint density at radius 3 is 2.87 bits per heavy atom. The molecule has 0 saturated carbocycles. The summed E-state index contributed by atoms with van der Waals surface area (Å²) in [5.41, 5.74) is 0.373. The van der Waals surface area contributed by atoms with E-state index in [9.17, 15) is 4.79 Å². The summed E-state index contributed by atoms with van der Waals surface area (Å²) in [5, 5.41) is 10.8. The molecule has 6 heteroatoms. The fraction of sp³-hybridized carbons (Fsp3) is 0.667. The number of hydrogen-bond donors (Lipinski definition) is 1. The second-order valence-electron chi connectivity index (χ2n) is 3.49. The highest BCUT2D eigenvalue weighted by Crippen LogP contribution is 2.06. The first kappa shape index (κ1) is 12.2. The molecule has 0 fully saturated rings. The molecular weight excluding hydrogens is 260 g/mol. The van der Waals surface area contributed by atoms with Gasteiger partial charge in [-0.25, -0.2) is 0 Å². The van der Waals surface area contributed by atoms with Gasteiger partial charge in [-0.2, -0.15) is 15.4 Å². The van der Waals surface area contributed by atoms with Crippen LogP contribution in [0.3, 0.4) is 0 Å². The van der Waals surface area contributed by atoms with Crippen LogP contribution in [0.4, 0.5) is 0 Å². The number of H-pyrrole nitrogens is 1. The third-order valence-corrected chi connectivity index (χ3v) is 2.61. The van der Waals surface area contributed by atoms with Gasteiger partial charge >= 0.3 is 0 Å². The van der Waals surface area contributed by atoms with E-state index in [0.29, 0.717) is 5.69 Å². The number of alkyl halides is 1. The fourth-order valence-corrected chi connectivity index (χ4v) is 1.53. The van der Waals surface area contributed by atoms with E-state index in [1.165, 1.54) is 6.20 Å². The number of halogens is 1. The van der Waals surface area contributed by atoms with Gasteiger partial charge in [0, 0.05) is 17.9 Å². The van der Waals surface area contributed by atoms with Gasteiger partial charge in [0.05, 0.1) is 6.20 Å².